The molecule has 2 rings (SSSR count). The van der Waals surface area contributed by atoms with Crippen molar-refractivity contribution < 1.29 is 4.79 Å². The Labute approximate surface area is 123 Å². The van der Waals surface area contributed by atoms with Gasteiger partial charge < -0.3 is 0 Å². The van der Waals surface area contributed by atoms with Crippen LogP contribution in [0.4, 0.5) is 0 Å². The molecule has 1 aromatic carbocycles. The molecule has 1 heteroatoms. The number of carbonyl (C=O) groups is 1. The van der Waals surface area contributed by atoms with Crippen LogP contribution in [0.25, 0.3) is 0 Å². The quantitative estimate of drug-likeness (QED) is 0.629. The summed E-state index contributed by atoms with van der Waals surface area (Å²) in [4.78, 5) is 11.7. The van der Waals surface area contributed by atoms with E-state index in [1.54, 1.807) is 0 Å². The van der Waals surface area contributed by atoms with Crippen molar-refractivity contribution in [2.24, 2.45) is 5.92 Å². The molecule has 0 bridgehead atoms. The van der Waals surface area contributed by atoms with Crippen LogP contribution in [-0.4, -0.2) is 5.78 Å². The van der Waals surface area contributed by atoms with Gasteiger partial charge in [-0.1, -0.05) is 64.3 Å². The number of benzene rings is 1. The molecule has 3 atom stereocenters. The third-order valence-electron chi connectivity index (χ3n) is 4.99. The Morgan fingerprint density at radius 1 is 1.20 bits per heavy atom. The number of ketones is 1. The van der Waals surface area contributed by atoms with Crippen LogP contribution < -0.4 is 0 Å². The van der Waals surface area contributed by atoms with Crippen LogP contribution in [0.1, 0.15) is 82.3 Å². The van der Waals surface area contributed by atoms with Crippen LogP contribution in [0.5, 0.6) is 0 Å². The van der Waals surface area contributed by atoms with E-state index in [9.17, 15) is 4.79 Å². The zero-order valence-corrected chi connectivity index (χ0v) is 13.2. The fourth-order valence-corrected chi connectivity index (χ4v) is 3.39. The lowest BCUT2D eigenvalue weighted by atomic mass is 9.87. The summed E-state index contributed by atoms with van der Waals surface area (Å²) in [5.41, 5.74) is 2.80. The Bertz CT molecular complexity index is 432. The molecule has 0 radical (unpaired) electrons. The number of rotatable bonds is 6. The highest BCUT2D eigenvalue weighted by atomic mass is 16.1. The highest BCUT2D eigenvalue weighted by Gasteiger charge is 2.31. The van der Waals surface area contributed by atoms with Gasteiger partial charge in [-0.2, -0.15) is 0 Å². The maximum Gasteiger partial charge on any atom is 0.136 e. The van der Waals surface area contributed by atoms with E-state index in [-0.39, 0.29) is 5.92 Å². The number of hydrogen-bond donors (Lipinski definition) is 0. The summed E-state index contributed by atoms with van der Waals surface area (Å²) >= 11 is 0. The van der Waals surface area contributed by atoms with Crippen molar-refractivity contribution in [2.75, 3.05) is 0 Å². The van der Waals surface area contributed by atoms with Crippen LogP contribution >= 0.6 is 0 Å². The Morgan fingerprint density at radius 2 is 1.90 bits per heavy atom. The molecule has 1 nitrogen and oxygen atoms in total. The standard InChI is InChI=1S/C19H28O/c1-4-5-6-7-14(2)16-8-10-17(11-9-16)18-12-13-19(20)15(18)3/h8-11,14-15,18H,4-7,12-13H2,1-3H3/t14-,15+,18-/m0/s1. The molecule has 0 saturated heterocycles. The van der Waals surface area contributed by atoms with Gasteiger partial charge in [0.2, 0.25) is 0 Å². The first kappa shape index (κ1) is 15.3. The molecule has 0 unspecified atom stereocenters. The summed E-state index contributed by atoms with van der Waals surface area (Å²) in [5, 5.41) is 0. The highest BCUT2D eigenvalue weighted by molar-refractivity contribution is 5.84. The number of unbranched alkanes of at least 4 members (excludes halogenated alkanes) is 2. The number of hydrogen-bond acceptors (Lipinski definition) is 1. The van der Waals surface area contributed by atoms with Crippen LogP contribution in [0, 0.1) is 5.92 Å². The average molecular weight is 272 g/mol. The molecule has 0 aromatic heterocycles. The normalized spacial score (nSPS) is 24.1. The van der Waals surface area contributed by atoms with E-state index in [0.29, 0.717) is 17.6 Å². The Balaban J connectivity index is 1.97. The fraction of sp³-hybridized carbons (Fsp3) is 0.632. The summed E-state index contributed by atoms with van der Waals surface area (Å²) in [7, 11) is 0. The molecule has 1 fully saturated rings. The number of Topliss-reactive ketones (excluding diaryl/α,β-unsaturated/α-hetero) is 1. The van der Waals surface area contributed by atoms with Gasteiger partial charge in [-0.3, -0.25) is 4.79 Å². The lowest BCUT2D eigenvalue weighted by Gasteiger charge is -2.17. The monoisotopic (exact) mass is 272 g/mol. The molecular weight excluding hydrogens is 244 g/mol. The molecule has 0 heterocycles. The van der Waals surface area contributed by atoms with Crippen LogP contribution in [0.15, 0.2) is 24.3 Å². The third-order valence-corrected chi connectivity index (χ3v) is 4.99. The zero-order valence-electron chi connectivity index (χ0n) is 13.2. The van der Waals surface area contributed by atoms with Crippen LogP contribution in [-0.2, 0) is 4.79 Å². The van der Waals surface area contributed by atoms with Crippen LogP contribution in [0.2, 0.25) is 0 Å². The van der Waals surface area contributed by atoms with Gasteiger partial charge in [0.15, 0.2) is 0 Å². The van der Waals surface area contributed by atoms with E-state index < -0.39 is 0 Å². The van der Waals surface area contributed by atoms with Gasteiger partial charge in [0.25, 0.3) is 0 Å². The summed E-state index contributed by atoms with van der Waals surface area (Å²) in [5.74, 6) is 1.75. The highest BCUT2D eigenvalue weighted by Crippen LogP contribution is 2.37. The van der Waals surface area contributed by atoms with E-state index in [1.165, 1.54) is 36.8 Å². The van der Waals surface area contributed by atoms with Crippen molar-refractivity contribution in [3.8, 4) is 0 Å². The molecular formula is C19H28O. The Hall–Kier alpha value is -1.11. The molecule has 0 spiro atoms. The van der Waals surface area contributed by atoms with Crippen molar-refractivity contribution in [3.05, 3.63) is 35.4 Å². The first-order valence-corrected chi connectivity index (χ1v) is 8.26. The smallest absolute Gasteiger partial charge is 0.136 e. The lowest BCUT2D eigenvalue weighted by Crippen LogP contribution is -2.09. The first-order chi connectivity index (χ1) is 9.63. The van der Waals surface area contributed by atoms with Crippen molar-refractivity contribution in [3.63, 3.8) is 0 Å². The second kappa shape index (κ2) is 7.06. The first-order valence-electron chi connectivity index (χ1n) is 8.26. The lowest BCUT2D eigenvalue weighted by molar-refractivity contribution is -0.120. The molecule has 0 aliphatic heterocycles. The van der Waals surface area contributed by atoms with E-state index >= 15 is 0 Å². The maximum absolute atomic E-state index is 11.7. The van der Waals surface area contributed by atoms with Crippen LogP contribution in [0.3, 0.4) is 0 Å². The van der Waals surface area contributed by atoms with E-state index in [4.69, 9.17) is 0 Å². The van der Waals surface area contributed by atoms with E-state index in [0.717, 1.165) is 12.8 Å². The summed E-state index contributed by atoms with van der Waals surface area (Å²) in [6, 6.07) is 9.07. The molecule has 1 aliphatic rings. The van der Waals surface area contributed by atoms with Gasteiger partial charge >= 0.3 is 0 Å². The predicted molar refractivity (Wildman–Crippen MR) is 85.1 cm³/mol. The maximum atomic E-state index is 11.7. The topological polar surface area (TPSA) is 17.1 Å². The minimum atomic E-state index is 0.211. The van der Waals surface area contributed by atoms with Gasteiger partial charge in [0.05, 0.1) is 0 Å². The van der Waals surface area contributed by atoms with E-state index in [2.05, 4.69) is 45.0 Å². The van der Waals surface area contributed by atoms with Gasteiger partial charge in [-0.05, 0) is 35.8 Å². The van der Waals surface area contributed by atoms with Crippen molar-refractivity contribution in [1.82, 2.24) is 0 Å². The SMILES string of the molecule is CCCCC[C@H](C)c1ccc([C@H]2CCC(=O)[C@@H]2C)cc1. The van der Waals surface area contributed by atoms with Gasteiger partial charge in [0, 0.05) is 12.3 Å². The molecule has 1 aromatic rings. The number of carbonyl (C=O) groups excluding carboxylic acids is 1. The molecule has 0 amide bonds. The summed E-state index contributed by atoms with van der Waals surface area (Å²) < 4.78 is 0. The Morgan fingerprint density at radius 3 is 2.45 bits per heavy atom. The minimum Gasteiger partial charge on any atom is -0.299 e. The van der Waals surface area contributed by atoms with Gasteiger partial charge in [0.1, 0.15) is 5.78 Å². The molecule has 0 N–H and O–H groups in total. The van der Waals surface area contributed by atoms with Gasteiger partial charge in [-0.15, -0.1) is 0 Å². The van der Waals surface area contributed by atoms with Gasteiger partial charge in [-0.25, -0.2) is 0 Å². The Kier molecular flexibility index (Phi) is 5.39. The van der Waals surface area contributed by atoms with E-state index in [1.807, 2.05) is 0 Å². The summed E-state index contributed by atoms with van der Waals surface area (Å²) in [6.45, 7) is 6.66. The van der Waals surface area contributed by atoms with Crippen molar-refractivity contribution >= 4 is 5.78 Å². The molecule has 1 aliphatic carbocycles. The largest absolute Gasteiger partial charge is 0.299 e. The second-order valence-electron chi connectivity index (χ2n) is 6.46. The fourth-order valence-electron chi connectivity index (χ4n) is 3.39. The molecule has 110 valence electrons. The zero-order chi connectivity index (χ0) is 14.5. The molecule has 20 heavy (non-hydrogen) atoms. The third kappa shape index (κ3) is 3.50. The minimum absolute atomic E-state index is 0.211. The molecule has 1 saturated carbocycles. The van der Waals surface area contributed by atoms with Crippen molar-refractivity contribution in [1.29, 1.82) is 0 Å². The average Bonchev–Trinajstić information content (AvgIpc) is 2.79. The van der Waals surface area contributed by atoms with Crippen molar-refractivity contribution in [2.45, 2.75) is 71.1 Å². The summed E-state index contributed by atoms with van der Waals surface area (Å²) in [6.07, 6.45) is 7.04. The second-order valence-corrected chi connectivity index (χ2v) is 6.46. The predicted octanol–water partition coefficient (Wildman–Crippen LogP) is 5.45.